The molecule has 88 valence electrons. The minimum Gasteiger partial charge on any atom is -0.388 e. The standard InChI is InChI=1S/C14H19ClO/c15-13-10-6-5-9-12(13)14(16)11-7-3-1-2-4-8-11/h5-6,9-11,14,16H,1-4,7-8H2/t14-/m0/s1. The number of hydrogen-bond donors (Lipinski definition) is 1. The summed E-state index contributed by atoms with van der Waals surface area (Å²) in [5.74, 6) is 0.391. The van der Waals surface area contributed by atoms with Crippen molar-refractivity contribution in [1.29, 1.82) is 0 Å². The maximum Gasteiger partial charge on any atom is 0.0832 e. The molecular formula is C14H19ClO. The van der Waals surface area contributed by atoms with Crippen LogP contribution < -0.4 is 0 Å². The highest BCUT2D eigenvalue weighted by molar-refractivity contribution is 6.31. The molecule has 0 spiro atoms. The maximum atomic E-state index is 10.4. The van der Waals surface area contributed by atoms with Gasteiger partial charge in [-0.2, -0.15) is 0 Å². The van der Waals surface area contributed by atoms with Gasteiger partial charge < -0.3 is 5.11 Å². The van der Waals surface area contributed by atoms with Gasteiger partial charge in [-0.25, -0.2) is 0 Å². The third-order valence-corrected chi connectivity index (χ3v) is 3.91. The Labute approximate surface area is 102 Å². The Balaban J connectivity index is 2.11. The van der Waals surface area contributed by atoms with E-state index in [2.05, 4.69) is 0 Å². The van der Waals surface area contributed by atoms with E-state index in [4.69, 9.17) is 11.6 Å². The van der Waals surface area contributed by atoms with Crippen LogP contribution in [-0.2, 0) is 0 Å². The zero-order valence-electron chi connectivity index (χ0n) is 9.53. The molecule has 1 atom stereocenters. The molecule has 0 heterocycles. The molecule has 0 aromatic heterocycles. The molecule has 1 aromatic carbocycles. The lowest BCUT2D eigenvalue weighted by Gasteiger charge is -2.22. The Morgan fingerprint density at radius 3 is 2.31 bits per heavy atom. The van der Waals surface area contributed by atoms with Crippen molar-refractivity contribution in [2.24, 2.45) is 5.92 Å². The average Bonchev–Trinajstić information content (AvgIpc) is 2.57. The summed E-state index contributed by atoms with van der Waals surface area (Å²) in [6.45, 7) is 0. The van der Waals surface area contributed by atoms with E-state index in [1.807, 2.05) is 24.3 Å². The molecule has 1 aromatic rings. The molecule has 0 radical (unpaired) electrons. The number of benzene rings is 1. The molecule has 1 aliphatic carbocycles. The minimum atomic E-state index is -0.383. The summed E-state index contributed by atoms with van der Waals surface area (Å²) < 4.78 is 0. The predicted molar refractivity (Wildman–Crippen MR) is 67.6 cm³/mol. The first-order valence-corrected chi connectivity index (χ1v) is 6.59. The fraction of sp³-hybridized carbons (Fsp3) is 0.571. The Morgan fingerprint density at radius 1 is 1.06 bits per heavy atom. The van der Waals surface area contributed by atoms with Gasteiger partial charge in [-0.3, -0.25) is 0 Å². The zero-order chi connectivity index (χ0) is 11.4. The third-order valence-electron chi connectivity index (χ3n) is 3.57. The van der Waals surface area contributed by atoms with Crippen molar-refractivity contribution in [3.05, 3.63) is 34.9 Å². The van der Waals surface area contributed by atoms with E-state index in [0.29, 0.717) is 10.9 Å². The first-order valence-electron chi connectivity index (χ1n) is 6.21. The lowest BCUT2D eigenvalue weighted by Crippen LogP contribution is -2.12. The third kappa shape index (κ3) is 2.78. The number of rotatable bonds is 2. The topological polar surface area (TPSA) is 20.2 Å². The van der Waals surface area contributed by atoms with Gasteiger partial charge >= 0.3 is 0 Å². The number of aliphatic hydroxyl groups is 1. The van der Waals surface area contributed by atoms with Crippen molar-refractivity contribution in [1.82, 2.24) is 0 Å². The van der Waals surface area contributed by atoms with Gasteiger partial charge in [0, 0.05) is 5.02 Å². The molecule has 0 aliphatic heterocycles. The van der Waals surface area contributed by atoms with Crippen molar-refractivity contribution in [3.63, 3.8) is 0 Å². The summed E-state index contributed by atoms with van der Waals surface area (Å²) >= 11 is 6.12. The van der Waals surface area contributed by atoms with Crippen molar-refractivity contribution in [3.8, 4) is 0 Å². The Kier molecular flexibility index (Phi) is 4.25. The molecule has 1 fully saturated rings. The fourth-order valence-corrected chi connectivity index (χ4v) is 2.84. The van der Waals surface area contributed by atoms with Crippen LogP contribution in [0.2, 0.25) is 5.02 Å². The Morgan fingerprint density at radius 2 is 1.69 bits per heavy atom. The van der Waals surface area contributed by atoms with Crippen LogP contribution in [0.1, 0.15) is 50.2 Å². The number of halogens is 1. The lowest BCUT2D eigenvalue weighted by molar-refractivity contribution is 0.0989. The molecule has 1 nitrogen and oxygen atoms in total. The highest BCUT2D eigenvalue weighted by Gasteiger charge is 2.23. The largest absolute Gasteiger partial charge is 0.388 e. The van der Waals surface area contributed by atoms with Crippen molar-refractivity contribution < 1.29 is 5.11 Å². The summed E-state index contributed by atoms with van der Waals surface area (Å²) in [6, 6.07) is 7.65. The highest BCUT2D eigenvalue weighted by atomic mass is 35.5. The molecule has 2 heteroatoms. The number of hydrogen-bond acceptors (Lipinski definition) is 1. The van der Waals surface area contributed by atoms with Crippen LogP contribution in [-0.4, -0.2) is 5.11 Å². The van der Waals surface area contributed by atoms with E-state index in [9.17, 15) is 5.11 Å². The van der Waals surface area contributed by atoms with Crippen molar-refractivity contribution in [2.45, 2.75) is 44.6 Å². The van der Waals surface area contributed by atoms with E-state index >= 15 is 0 Å². The molecule has 1 N–H and O–H groups in total. The summed E-state index contributed by atoms with van der Waals surface area (Å²) in [4.78, 5) is 0. The summed E-state index contributed by atoms with van der Waals surface area (Å²) in [5.41, 5.74) is 0.899. The van der Waals surface area contributed by atoms with Crippen molar-refractivity contribution in [2.75, 3.05) is 0 Å². The molecule has 0 unspecified atom stereocenters. The van der Waals surface area contributed by atoms with Crippen LogP contribution in [0.25, 0.3) is 0 Å². The Hall–Kier alpha value is -0.530. The van der Waals surface area contributed by atoms with Crippen LogP contribution in [0.3, 0.4) is 0 Å². The molecule has 0 bridgehead atoms. The molecule has 1 saturated carbocycles. The lowest BCUT2D eigenvalue weighted by atomic mass is 9.89. The van der Waals surface area contributed by atoms with Crippen LogP contribution in [0.4, 0.5) is 0 Å². The van der Waals surface area contributed by atoms with Gasteiger partial charge in [0.15, 0.2) is 0 Å². The van der Waals surface area contributed by atoms with Gasteiger partial charge in [-0.05, 0) is 30.4 Å². The van der Waals surface area contributed by atoms with Gasteiger partial charge in [0.05, 0.1) is 6.10 Å². The molecule has 0 amide bonds. The fourth-order valence-electron chi connectivity index (χ4n) is 2.60. The summed E-state index contributed by atoms with van der Waals surface area (Å²) in [7, 11) is 0. The van der Waals surface area contributed by atoms with E-state index in [1.54, 1.807) is 0 Å². The molecular weight excluding hydrogens is 220 g/mol. The van der Waals surface area contributed by atoms with Crippen molar-refractivity contribution >= 4 is 11.6 Å². The SMILES string of the molecule is O[C@H](c1ccccc1Cl)C1CCCCCC1. The predicted octanol–water partition coefficient (Wildman–Crippen LogP) is 4.34. The average molecular weight is 239 g/mol. The van der Waals surface area contributed by atoms with Crippen LogP contribution in [0.5, 0.6) is 0 Å². The van der Waals surface area contributed by atoms with Gasteiger partial charge in [0.25, 0.3) is 0 Å². The smallest absolute Gasteiger partial charge is 0.0832 e. The first kappa shape index (κ1) is 11.9. The maximum absolute atomic E-state index is 10.4. The van der Waals surface area contributed by atoms with Crippen LogP contribution >= 0.6 is 11.6 Å². The monoisotopic (exact) mass is 238 g/mol. The van der Waals surface area contributed by atoms with E-state index in [-0.39, 0.29) is 6.10 Å². The van der Waals surface area contributed by atoms with E-state index in [0.717, 1.165) is 18.4 Å². The highest BCUT2D eigenvalue weighted by Crippen LogP contribution is 2.35. The Bertz CT molecular complexity index is 329. The second kappa shape index (κ2) is 5.70. The van der Waals surface area contributed by atoms with Gasteiger partial charge in [0.2, 0.25) is 0 Å². The minimum absolute atomic E-state index is 0.383. The van der Waals surface area contributed by atoms with Crippen LogP contribution in [0, 0.1) is 5.92 Å². The zero-order valence-corrected chi connectivity index (χ0v) is 10.3. The van der Waals surface area contributed by atoms with Gasteiger partial charge in [-0.15, -0.1) is 0 Å². The second-order valence-corrected chi connectivity index (χ2v) is 5.13. The van der Waals surface area contributed by atoms with Gasteiger partial charge in [-0.1, -0.05) is 55.5 Å². The quantitative estimate of drug-likeness (QED) is 0.760. The molecule has 16 heavy (non-hydrogen) atoms. The van der Waals surface area contributed by atoms with Gasteiger partial charge in [0.1, 0.15) is 0 Å². The summed E-state index contributed by atoms with van der Waals surface area (Å²) in [5, 5.41) is 11.1. The second-order valence-electron chi connectivity index (χ2n) is 4.72. The van der Waals surface area contributed by atoms with E-state index < -0.39 is 0 Å². The normalized spacial score (nSPS) is 20.4. The molecule has 0 saturated heterocycles. The summed E-state index contributed by atoms with van der Waals surface area (Å²) in [6.07, 6.45) is 6.99. The number of aliphatic hydroxyl groups excluding tert-OH is 1. The molecule has 2 rings (SSSR count). The molecule has 1 aliphatic rings. The first-order chi connectivity index (χ1) is 7.79. The van der Waals surface area contributed by atoms with E-state index in [1.165, 1.54) is 25.7 Å². The van der Waals surface area contributed by atoms with Crippen LogP contribution in [0.15, 0.2) is 24.3 Å².